The number of hydrogen-bond donors (Lipinski definition) is 2. The van der Waals surface area contributed by atoms with Crippen LogP contribution < -0.4 is 11.3 Å². The predicted octanol–water partition coefficient (Wildman–Crippen LogP) is 0.861. The summed E-state index contributed by atoms with van der Waals surface area (Å²) < 4.78 is 2.73. The van der Waals surface area contributed by atoms with Gasteiger partial charge in [0.05, 0.1) is 9.77 Å². The average molecular weight is 316 g/mol. The van der Waals surface area contributed by atoms with Gasteiger partial charge in [-0.15, -0.1) is 0 Å². The van der Waals surface area contributed by atoms with Crippen molar-refractivity contribution in [3.63, 3.8) is 0 Å². The summed E-state index contributed by atoms with van der Waals surface area (Å²) in [4.78, 5) is 8.35. The van der Waals surface area contributed by atoms with E-state index in [9.17, 15) is 0 Å². The number of hydrazine groups is 1. The minimum Gasteiger partial charge on any atom is -0.308 e. The van der Waals surface area contributed by atoms with E-state index in [1.807, 2.05) is 6.20 Å². The Labute approximate surface area is 100 Å². The van der Waals surface area contributed by atoms with Gasteiger partial charge in [-0.25, -0.2) is 20.5 Å². The van der Waals surface area contributed by atoms with E-state index in [1.165, 1.54) is 0 Å². The first-order valence-electron chi connectivity index (χ1n) is 4.22. The van der Waals surface area contributed by atoms with Crippen LogP contribution in [0.2, 0.25) is 0 Å². The maximum absolute atomic E-state index is 5.30. The van der Waals surface area contributed by atoms with E-state index in [0.29, 0.717) is 17.5 Å². The molecule has 0 amide bonds. The SMILES string of the molecule is Cc1nc(NN)cc(-n2cc(I)cn2)n1. The highest BCUT2D eigenvalue weighted by atomic mass is 127. The fourth-order valence-corrected chi connectivity index (χ4v) is 1.56. The second-order valence-electron chi connectivity index (χ2n) is 2.91. The molecule has 3 N–H and O–H groups in total. The van der Waals surface area contributed by atoms with Gasteiger partial charge in [-0.1, -0.05) is 0 Å². The molecule has 6 nitrogen and oxygen atoms in total. The molecule has 2 heterocycles. The van der Waals surface area contributed by atoms with Gasteiger partial charge < -0.3 is 5.43 Å². The molecule has 0 bridgehead atoms. The van der Waals surface area contributed by atoms with E-state index in [4.69, 9.17) is 5.84 Å². The molecule has 0 aromatic carbocycles. The van der Waals surface area contributed by atoms with Crippen molar-refractivity contribution in [2.75, 3.05) is 5.43 Å². The molecule has 0 fully saturated rings. The molecule has 0 spiro atoms. The van der Waals surface area contributed by atoms with Gasteiger partial charge in [0, 0.05) is 12.3 Å². The number of rotatable bonds is 2. The third-order valence-electron chi connectivity index (χ3n) is 1.76. The van der Waals surface area contributed by atoms with Crippen molar-refractivity contribution in [3.8, 4) is 5.82 Å². The summed E-state index contributed by atoms with van der Waals surface area (Å²) in [5.74, 6) is 7.21. The van der Waals surface area contributed by atoms with Gasteiger partial charge in [-0.2, -0.15) is 5.10 Å². The van der Waals surface area contributed by atoms with Gasteiger partial charge in [-0.3, -0.25) is 0 Å². The Bertz CT molecular complexity index is 480. The molecule has 0 radical (unpaired) electrons. The molecule has 78 valence electrons. The minimum atomic E-state index is 0.572. The number of nitrogens with two attached hydrogens (primary N) is 1. The molecular weight excluding hydrogens is 307 g/mol. The summed E-state index contributed by atoms with van der Waals surface area (Å²) in [7, 11) is 0. The minimum absolute atomic E-state index is 0.572. The molecule has 7 heteroatoms. The fourth-order valence-electron chi connectivity index (χ4n) is 1.17. The predicted molar refractivity (Wildman–Crippen MR) is 64.4 cm³/mol. The molecule has 2 aromatic heterocycles. The van der Waals surface area contributed by atoms with Crippen molar-refractivity contribution in [2.24, 2.45) is 5.84 Å². The first kappa shape index (κ1) is 10.3. The lowest BCUT2D eigenvalue weighted by molar-refractivity contribution is 0.828. The smallest absolute Gasteiger partial charge is 0.159 e. The van der Waals surface area contributed by atoms with Crippen LogP contribution >= 0.6 is 22.6 Å². The number of aromatic nitrogens is 4. The molecule has 0 aliphatic carbocycles. The van der Waals surface area contributed by atoms with Crippen LogP contribution in [0.5, 0.6) is 0 Å². The van der Waals surface area contributed by atoms with Crippen molar-refractivity contribution in [2.45, 2.75) is 6.92 Å². The lowest BCUT2D eigenvalue weighted by Crippen LogP contribution is -2.11. The third-order valence-corrected chi connectivity index (χ3v) is 2.32. The molecule has 0 saturated carbocycles. The highest BCUT2D eigenvalue weighted by molar-refractivity contribution is 14.1. The van der Waals surface area contributed by atoms with E-state index in [0.717, 1.165) is 3.57 Å². The van der Waals surface area contributed by atoms with Crippen molar-refractivity contribution in [3.05, 3.63) is 27.9 Å². The third kappa shape index (κ3) is 2.23. The molecule has 2 rings (SSSR count). The standard InChI is InChI=1S/C8H9IN6/c1-5-12-7(14-10)2-8(13-5)15-4-6(9)3-11-15/h2-4H,10H2,1H3,(H,12,13,14). The zero-order valence-corrected chi connectivity index (χ0v) is 10.1. The molecule has 0 aliphatic heterocycles. The van der Waals surface area contributed by atoms with E-state index in [2.05, 4.69) is 43.1 Å². The van der Waals surface area contributed by atoms with Gasteiger partial charge in [0.15, 0.2) is 5.82 Å². The Morgan fingerprint density at radius 1 is 1.47 bits per heavy atom. The first-order chi connectivity index (χ1) is 7.19. The Morgan fingerprint density at radius 2 is 2.27 bits per heavy atom. The zero-order valence-electron chi connectivity index (χ0n) is 7.98. The van der Waals surface area contributed by atoms with Crippen LogP contribution in [0, 0.1) is 10.5 Å². The highest BCUT2D eigenvalue weighted by Gasteiger charge is 2.04. The number of nitrogens with one attached hydrogen (secondary N) is 1. The number of aryl methyl sites for hydroxylation is 1. The topological polar surface area (TPSA) is 81.6 Å². The Hall–Kier alpha value is -1.22. The lowest BCUT2D eigenvalue weighted by Gasteiger charge is -2.04. The van der Waals surface area contributed by atoms with Crippen molar-refractivity contribution >= 4 is 28.4 Å². The zero-order chi connectivity index (χ0) is 10.8. The quantitative estimate of drug-likeness (QED) is 0.488. The Balaban J connectivity index is 2.48. The molecule has 0 atom stereocenters. The summed E-state index contributed by atoms with van der Waals surface area (Å²) in [5, 5.41) is 4.15. The number of hydrogen-bond acceptors (Lipinski definition) is 5. The van der Waals surface area contributed by atoms with Crippen LogP contribution in [0.1, 0.15) is 5.82 Å². The van der Waals surface area contributed by atoms with E-state index in [1.54, 1.807) is 23.9 Å². The molecular formula is C8H9IN6. The molecule has 0 aliphatic rings. The van der Waals surface area contributed by atoms with Crippen molar-refractivity contribution in [1.29, 1.82) is 0 Å². The van der Waals surface area contributed by atoms with Crippen LogP contribution in [0.15, 0.2) is 18.5 Å². The maximum atomic E-state index is 5.30. The van der Waals surface area contributed by atoms with Gasteiger partial charge in [0.25, 0.3) is 0 Å². The number of anilines is 1. The number of nitrogens with zero attached hydrogens (tertiary/aromatic N) is 4. The first-order valence-corrected chi connectivity index (χ1v) is 5.30. The van der Waals surface area contributed by atoms with Crippen LogP contribution in [0.3, 0.4) is 0 Å². The Kier molecular flexibility index (Phi) is 2.82. The van der Waals surface area contributed by atoms with Crippen molar-refractivity contribution < 1.29 is 0 Å². The largest absolute Gasteiger partial charge is 0.308 e. The average Bonchev–Trinajstić information content (AvgIpc) is 2.64. The van der Waals surface area contributed by atoms with Gasteiger partial charge in [0.1, 0.15) is 11.6 Å². The summed E-state index contributed by atoms with van der Waals surface area (Å²) >= 11 is 2.19. The molecule has 0 saturated heterocycles. The maximum Gasteiger partial charge on any atom is 0.159 e. The highest BCUT2D eigenvalue weighted by Crippen LogP contribution is 2.11. The summed E-state index contributed by atoms with van der Waals surface area (Å²) in [6, 6.07) is 1.73. The molecule has 0 unspecified atom stereocenters. The van der Waals surface area contributed by atoms with Crippen molar-refractivity contribution in [1.82, 2.24) is 19.7 Å². The monoisotopic (exact) mass is 316 g/mol. The van der Waals surface area contributed by atoms with Gasteiger partial charge in [0.2, 0.25) is 0 Å². The Morgan fingerprint density at radius 3 is 2.87 bits per heavy atom. The van der Waals surface area contributed by atoms with Gasteiger partial charge >= 0.3 is 0 Å². The summed E-state index contributed by atoms with van der Waals surface area (Å²) in [5.41, 5.74) is 2.49. The second kappa shape index (κ2) is 4.11. The normalized spacial score (nSPS) is 10.3. The van der Waals surface area contributed by atoms with E-state index < -0.39 is 0 Å². The van der Waals surface area contributed by atoms with Gasteiger partial charge in [-0.05, 0) is 29.5 Å². The van der Waals surface area contributed by atoms with Crippen LogP contribution in [0.4, 0.5) is 5.82 Å². The molecule has 15 heavy (non-hydrogen) atoms. The second-order valence-corrected chi connectivity index (χ2v) is 4.15. The fraction of sp³-hybridized carbons (Fsp3) is 0.125. The van der Waals surface area contributed by atoms with Crippen LogP contribution in [-0.2, 0) is 0 Å². The van der Waals surface area contributed by atoms with Crippen LogP contribution in [0.25, 0.3) is 5.82 Å². The summed E-state index contributed by atoms with van der Waals surface area (Å²) in [6.07, 6.45) is 3.64. The lowest BCUT2D eigenvalue weighted by atomic mass is 10.5. The number of nitrogen functional groups attached to an aromatic ring is 1. The van der Waals surface area contributed by atoms with E-state index in [-0.39, 0.29) is 0 Å². The van der Waals surface area contributed by atoms with Crippen LogP contribution in [-0.4, -0.2) is 19.7 Å². The van der Waals surface area contributed by atoms with E-state index >= 15 is 0 Å². The molecule has 2 aromatic rings. The number of halogens is 1. The summed E-state index contributed by atoms with van der Waals surface area (Å²) in [6.45, 7) is 1.80.